The van der Waals surface area contributed by atoms with Gasteiger partial charge in [-0.2, -0.15) is 26.3 Å². The van der Waals surface area contributed by atoms with Crippen molar-refractivity contribution in [3.05, 3.63) is 41.1 Å². The first-order valence-corrected chi connectivity index (χ1v) is 5.30. The van der Waals surface area contributed by atoms with Crippen LogP contribution < -0.4 is 0 Å². The van der Waals surface area contributed by atoms with Crippen LogP contribution in [0.4, 0.5) is 26.3 Å². The second kappa shape index (κ2) is 4.53. The summed E-state index contributed by atoms with van der Waals surface area (Å²) < 4.78 is 80.6. The molecular weight excluding hydrogens is 288 g/mol. The fraction of sp³-hybridized carbons (Fsp3) is 0.250. The lowest BCUT2D eigenvalue weighted by Crippen LogP contribution is -2.11. The number of aryl methyl sites for hydroxylation is 1. The third kappa shape index (κ3) is 2.94. The smallest absolute Gasteiger partial charge is 0.356 e. The van der Waals surface area contributed by atoms with Gasteiger partial charge in [0.05, 0.1) is 16.8 Å². The molecule has 0 atom stereocenters. The summed E-state index contributed by atoms with van der Waals surface area (Å²) in [5.41, 5.74) is -2.76. The molecule has 0 aliphatic carbocycles. The van der Waals surface area contributed by atoms with E-state index in [2.05, 4.69) is 5.16 Å². The molecule has 0 spiro atoms. The van der Waals surface area contributed by atoms with Crippen molar-refractivity contribution < 1.29 is 30.9 Å². The normalized spacial score (nSPS) is 12.8. The van der Waals surface area contributed by atoms with Gasteiger partial charge in [0.25, 0.3) is 0 Å². The molecule has 0 radical (unpaired) electrons. The molecule has 2 rings (SSSR count). The lowest BCUT2D eigenvalue weighted by molar-refractivity contribution is -0.143. The van der Waals surface area contributed by atoms with Crippen LogP contribution in [0, 0.1) is 6.92 Å². The van der Waals surface area contributed by atoms with Crippen molar-refractivity contribution >= 4 is 0 Å². The van der Waals surface area contributed by atoms with Crippen molar-refractivity contribution in [2.24, 2.45) is 0 Å². The zero-order chi connectivity index (χ0) is 15.1. The molecule has 0 saturated carbocycles. The van der Waals surface area contributed by atoms with E-state index in [1.54, 1.807) is 0 Å². The second-order valence-electron chi connectivity index (χ2n) is 4.13. The third-order valence-corrected chi connectivity index (χ3v) is 2.50. The summed E-state index contributed by atoms with van der Waals surface area (Å²) in [6.45, 7) is 1.51. The molecule has 0 N–H and O–H groups in total. The van der Waals surface area contributed by atoms with Gasteiger partial charge in [0.1, 0.15) is 0 Å². The highest BCUT2D eigenvalue weighted by Gasteiger charge is 2.37. The van der Waals surface area contributed by atoms with Gasteiger partial charge in [0.2, 0.25) is 0 Å². The number of nitrogens with zero attached hydrogens (tertiary/aromatic N) is 1. The molecule has 0 aliphatic rings. The Hall–Kier alpha value is -1.99. The van der Waals surface area contributed by atoms with Crippen LogP contribution in [-0.4, -0.2) is 5.16 Å². The zero-order valence-corrected chi connectivity index (χ0v) is 9.93. The Balaban J connectivity index is 2.63. The number of rotatable bonds is 1. The Labute approximate surface area is 109 Å². The Morgan fingerprint density at radius 2 is 1.35 bits per heavy atom. The highest BCUT2D eigenvalue weighted by atomic mass is 19.4. The summed E-state index contributed by atoms with van der Waals surface area (Å²) in [7, 11) is 0. The van der Waals surface area contributed by atoms with Crippen molar-refractivity contribution in [2.45, 2.75) is 19.3 Å². The van der Waals surface area contributed by atoms with Crippen molar-refractivity contribution in [1.82, 2.24) is 5.16 Å². The van der Waals surface area contributed by atoms with Gasteiger partial charge in [0, 0.05) is 11.6 Å². The zero-order valence-electron chi connectivity index (χ0n) is 9.93. The summed E-state index contributed by atoms with van der Waals surface area (Å²) in [5, 5.41) is 3.44. The van der Waals surface area contributed by atoms with Gasteiger partial charge in [0.15, 0.2) is 5.76 Å². The van der Waals surface area contributed by atoms with E-state index >= 15 is 0 Å². The van der Waals surface area contributed by atoms with Crippen LogP contribution in [-0.2, 0) is 12.4 Å². The van der Waals surface area contributed by atoms with Crippen LogP contribution in [0.5, 0.6) is 0 Å². The first-order chi connectivity index (χ1) is 9.07. The topological polar surface area (TPSA) is 26.0 Å². The SMILES string of the molecule is Cc1cc(-c2cc(C(F)(F)F)cc(C(F)(F)F)c2)on1. The number of benzene rings is 1. The summed E-state index contributed by atoms with van der Waals surface area (Å²) in [5.74, 6) is -0.154. The van der Waals surface area contributed by atoms with Gasteiger partial charge in [-0.3, -0.25) is 0 Å². The molecule has 108 valence electrons. The van der Waals surface area contributed by atoms with Gasteiger partial charge in [-0.1, -0.05) is 5.16 Å². The van der Waals surface area contributed by atoms with Gasteiger partial charge in [-0.25, -0.2) is 0 Å². The summed E-state index contributed by atoms with van der Waals surface area (Å²) in [6.07, 6.45) is -9.77. The van der Waals surface area contributed by atoms with E-state index < -0.39 is 23.5 Å². The van der Waals surface area contributed by atoms with Crippen molar-refractivity contribution in [1.29, 1.82) is 0 Å². The minimum absolute atomic E-state index is 0.0622. The van der Waals surface area contributed by atoms with Crippen LogP contribution in [0.25, 0.3) is 11.3 Å². The fourth-order valence-electron chi connectivity index (χ4n) is 1.60. The van der Waals surface area contributed by atoms with Gasteiger partial charge in [-0.15, -0.1) is 0 Å². The minimum Gasteiger partial charge on any atom is -0.356 e. The highest BCUT2D eigenvalue weighted by Crippen LogP contribution is 2.38. The molecule has 0 saturated heterocycles. The van der Waals surface area contributed by atoms with Crippen LogP contribution in [0.2, 0.25) is 0 Å². The van der Waals surface area contributed by atoms with E-state index in [4.69, 9.17) is 4.52 Å². The highest BCUT2D eigenvalue weighted by molar-refractivity contribution is 5.60. The molecule has 0 amide bonds. The standard InChI is InChI=1S/C12H7F6NO/c1-6-2-10(20-19-6)7-3-8(11(13,14)15)5-9(4-7)12(16,17)18/h2-5H,1H3. The quantitative estimate of drug-likeness (QED) is 0.713. The van der Waals surface area contributed by atoms with Crippen LogP contribution in [0.1, 0.15) is 16.8 Å². The predicted molar refractivity (Wildman–Crippen MR) is 56.7 cm³/mol. The lowest BCUT2D eigenvalue weighted by Gasteiger charge is -2.13. The minimum atomic E-state index is -4.88. The Morgan fingerprint density at radius 1 is 0.850 bits per heavy atom. The maximum atomic E-state index is 12.6. The summed E-state index contributed by atoms with van der Waals surface area (Å²) in [4.78, 5) is 0. The molecule has 0 unspecified atom stereocenters. The van der Waals surface area contributed by atoms with Crippen molar-refractivity contribution in [3.8, 4) is 11.3 Å². The molecule has 2 nitrogen and oxygen atoms in total. The average Bonchev–Trinajstić information content (AvgIpc) is 2.73. The van der Waals surface area contributed by atoms with Crippen molar-refractivity contribution in [2.75, 3.05) is 0 Å². The number of halogens is 6. The van der Waals surface area contributed by atoms with E-state index in [1.807, 2.05) is 0 Å². The van der Waals surface area contributed by atoms with Crippen LogP contribution in [0.3, 0.4) is 0 Å². The monoisotopic (exact) mass is 295 g/mol. The molecule has 1 aromatic carbocycles. The number of hydrogen-bond acceptors (Lipinski definition) is 2. The molecule has 1 heterocycles. The first-order valence-electron chi connectivity index (χ1n) is 5.30. The number of alkyl halides is 6. The second-order valence-corrected chi connectivity index (χ2v) is 4.13. The van der Waals surface area contributed by atoms with Crippen LogP contribution >= 0.6 is 0 Å². The maximum absolute atomic E-state index is 12.6. The summed E-state index contributed by atoms with van der Waals surface area (Å²) in [6, 6.07) is 2.51. The molecule has 0 fully saturated rings. The third-order valence-electron chi connectivity index (χ3n) is 2.50. The Bertz CT molecular complexity index is 593. The average molecular weight is 295 g/mol. The van der Waals surface area contributed by atoms with E-state index in [9.17, 15) is 26.3 Å². The molecule has 0 aliphatic heterocycles. The van der Waals surface area contributed by atoms with Gasteiger partial charge in [-0.05, 0) is 25.1 Å². The summed E-state index contributed by atoms with van der Waals surface area (Å²) >= 11 is 0. The molecule has 0 bridgehead atoms. The van der Waals surface area contributed by atoms with E-state index in [0.717, 1.165) is 0 Å². The number of hydrogen-bond donors (Lipinski definition) is 0. The van der Waals surface area contributed by atoms with Crippen LogP contribution in [0.15, 0.2) is 28.8 Å². The molecule has 20 heavy (non-hydrogen) atoms. The Morgan fingerprint density at radius 3 is 1.70 bits per heavy atom. The largest absolute Gasteiger partial charge is 0.416 e. The molecule has 8 heteroatoms. The van der Waals surface area contributed by atoms with Gasteiger partial charge < -0.3 is 4.52 Å². The molecule has 2 aromatic rings. The first kappa shape index (κ1) is 14.4. The number of aromatic nitrogens is 1. The molecular formula is C12H7F6NO. The maximum Gasteiger partial charge on any atom is 0.416 e. The van der Waals surface area contributed by atoms with E-state index in [0.29, 0.717) is 17.8 Å². The van der Waals surface area contributed by atoms with Crippen molar-refractivity contribution in [3.63, 3.8) is 0 Å². The predicted octanol–water partition coefficient (Wildman–Crippen LogP) is 4.69. The molecule has 1 aromatic heterocycles. The fourth-order valence-corrected chi connectivity index (χ4v) is 1.60. The van der Waals surface area contributed by atoms with Gasteiger partial charge >= 0.3 is 12.4 Å². The lowest BCUT2D eigenvalue weighted by atomic mass is 10.0. The Kier molecular flexibility index (Phi) is 3.27. The van der Waals surface area contributed by atoms with E-state index in [-0.39, 0.29) is 17.4 Å². The van der Waals surface area contributed by atoms with E-state index in [1.165, 1.54) is 13.0 Å².